The molecule has 12 aromatic heterocycles. The molecule has 0 fully saturated rings. The quantitative estimate of drug-likeness (QED) is 0.126. The number of rotatable bonds is 9. The topological polar surface area (TPSA) is 156 Å². The van der Waals surface area contributed by atoms with Gasteiger partial charge in [-0.15, -0.1) is 214 Å². The third-order valence-corrected chi connectivity index (χ3v) is 21.5. The van der Waals surface area contributed by atoms with Crippen LogP contribution in [0.3, 0.4) is 0 Å². The summed E-state index contributed by atoms with van der Waals surface area (Å²) in [6.45, 7) is -5.65. The summed E-state index contributed by atoms with van der Waals surface area (Å²) < 4.78 is 164. The van der Waals surface area contributed by atoms with Crippen molar-refractivity contribution in [1.82, 2.24) is 39.9 Å². The Bertz CT molecular complexity index is 8410. The molecule has 0 aliphatic carbocycles. The van der Waals surface area contributed by atoms with E-state index < -0.39 is 47.0 Å². The molecule has 4 radical (unpaired) electrons. The van der Waals surface area contributed by atoms with Gasteiger partial charge >= 0.3 is 0 Å². The Balaban J connectivity index is 0.000000150. The zero-order valence-electron chi connectivity index (χ0n) is 93.9. The van der Waals surface area contributed by atoms with Crippen molar-refractivity contribution in [1.29, 1.82) is 0 Å². The third kappa shape index (κ3) is 26.1. The molecular formula is C123H94Ir4N8O4-8. The van der Waals surface area contributed by atoms with Crippen LogP contribution in [0.1, 0.15) is 95.8 Å². The predicted octanol–water partition coefficient (Wildman–Crippen LogP) is 31.6. The summed E-state index contributed by atoms with van der Waals surface area (Å²) in [7, 11) is 0. The largest absolute Gasteiger partial charge is 0.476 e. The summed E-state index contributed by atoms with van der Waals surface area (Å²) in [5, 5.41) is 8.49. The van der Waals surface area contributed by atoms with E-state index in [4.69, 9.17) is 43.7 Å². The van der Waals surface area contributed by atoms with E-state index in [0.717, 1.165) is 161 Å². The van der Waals surface area contributed by atoms with Crippen molar-refractivity contribution in [2.24, 2.45) is 0 Å². The normalized spacial score (nSPS) is 13.5. The van der Waals surface area contributed by atoms with Crippen molar-refractivity contribution < 1.29 is 124 Å². The fourth-order valence-corrected chi connectivity index (χ4v) is 14.5. The molecule has 1 unspecified atom stereocenters. The van der Waals surface area contributed by atoms with E-state index in [1.807, 2.05) is 231 Å². The summed E-state index contributed by atoms with van der Waals surface area (Å²) in [5.74, 6) is -1.71. The molecule has 0 bridgehead atoms. The molecule has 12 heterocycles. The Labute approximate surface area is 891 Å². The summed E-state index contributed by atoms with van der Waals surface area (Å²) in [4.78, 5) is 33.9. The first-order valence-electron chi connectivity index (χ1n) is 52.5. The van der Waals surface area contributed by atoms with Gasteiger partial charge in [-0.3, -0.25) is 0 Å². The average Bonchev–Trinajstić information content (AvgIpc) is 1.47. The summed E-state index contributed by atoms with van der Waals surface area (Å²) in [6, 6.07) is 128. The first kappa shape index (κ1) is 78.7. The van der Waals surface area contributed by atoms with Crippen LogP contribution in [0.5, 0.6) is 0 Å². The Kier molecular flexibility index (Phi) is 27.8. The van der Waals surface area contributed by atoms with Crippen LogP contribution in [0.25, 0.3) is 178 Å². The van der Waals surface area contributed by atoms with Crippen LogP contribution in [-0.4, -0.2) is 39.9 Å². The number of hydrogen-bond acceptors (Lipinski definition) is 12. The molecule has 0 aliphatic rings. The maximum Gasteiger partial charge on any atom is 0.123 e. The maximum absolute atomic E-state index is 8.26. The Morgan fingerprint density at radius 2 is 0.525 bits per heavy atom. The Morgan fingerprint density at radius 3 is 0.791 bits per heavy atom. The maximum atomic E-state index is 8.26. The van der Waals surface area contributed by atoms with Gasteiger partial charge in [0, 0.05) is 156 Å². The molecule has 0 saturated heterocycles. The molecule has 0 amide bonds. The number of furan rings is 4. The smallest absolute Gasteiger partial charge is 0.123 e. The Morgan fingerprint density at radius 1 is 0.237 bits per heavy atom. The number of para-hydroxylation sites is 4. The SMILES string of the molecule is Cc1ccnc(-c2[c-]cc3c(c2)oc2ccccc23)c1.Cc1ccnc(-c2[c-]cc3c(c2)oc2ccccc23)c1.[2H]C([2H])([2H])C([2H])(C)c1ccnc(-c2[c-]cc3c(c2)oc2ccccc23)c1.[2H]C([2H])([2H])c1ccc(-c2[c-]cccc2)nc1.[2H]C([2H])([2H])c1ccc(-c2[c-]cccc2)nc1.[2H]C([2H])([2H])c1ccc(-c2[c-]cccc2)nc1.[2H]C([2H])([2H])c1ccc(-c2[c-]cccc2)nc1.[2H]C([2H])([2H])c1cnc(-c2[c-]cc3c(c2)oc2ccccc23)cc1C.[Ir].[Ir].[Ir].[Ir]. The molecule has 694 valence electrons. The Hall–Kier alpha value is -14.4. The molecular weight excluding hydrogens is 2420 g/mol. The average molecular weight is 2540 g/mol. The second-order valence-corrected chi connectivity index (χ2v) is 31.1. The van der Waals surface area contributed by atoms with Crippen molar-refractivity contribution in [2.75, 3.05) is 0 Å². The number of benzene rings is 12. The van der Waals surface area contributed by atoms with Gasteiger partial charge in [0.25, 0.3) is 0 Å². The van der Waals surface area contributed by atoms with E-state index >= 15 is 0 Å². The second kappa shape index (κ2) is 49.1. The summed E-state index contributed by atoms with van der Waals surface area (Å²) in [5.41, 5.74) is 24.3. The number of aromatic nitrogens is 8. The number of nitrogens with zero attached hydrogens (tertiary/aromatic N) is 8. The monoisotopic (exact) mass is 2540 g/mol. The second-order valence-electron chi connectivity index (χ2n) is 31.1. The minimum absolute atomic E-state index is 0. The van der Waals surface area contributed by atoms with Crippen molar-refractivity contribution in [3.8, 4) is 90.1 Å². The zero-order chi connectivity index (χ0) is 109. The van der Waals surface area contributed by atoms with Crippen molar-refractivity contribution >= 4 is 87.8 Å². The molecule has 0 aliphatic heterocycles. The first-order chi connectivity index (χ1) is 73.6. The zero-order valence-corrected chi connectivity index (χ0v) is 84.5. The van der Waals surface area contributed by atoms with Gasteiger partial charge in [0.05, 0.1) is 22.3 Å². The van der Waals surface area contributed by atoms with E-state index in [0.29, 0.717) is 28.1 Å². The molecule has 24 rings (SSSR count). The molecule has 1 atom stereocenters. The van der Waals surface area contributed by atoms with E-state index in [1.165, 1.54) is 55.2 Å². The van der Waals surface area contributed by atoms with Crippen molar-refractivity contribution in [3.63, 3.8) is 0 Å². The molecule has 0 N–H and O–H groups in total. The third-order valence-electron chi connectivity index (χ3n) is 21.5. The molecule has 139 heavy (non-hydrogen) atoms. The standard InChI is InChI=1S/C20H16NO.C19H14NO.2C18H12NO.4C12H10N.4Ir/c1-13(2)14-9-10-21-18(11-14)15-7-8-17-16-5-3-4-6-19(16)22-20(17)12-15;1-12-9-17(20-11-13(12)2)14-7-8-16-15-5-3-4-6-18(15)21-19(16)10-14;2*1-12-8-9-19-16(10-12)13-6-7-15-14-4-2-3-5-17(14)20-18(15)11-13;4*1-10-7-8-12(13-9-10)11-5-3-2-4-6-11;;;;/h3-6,8-13H,1-2H3;3-6,8-11H,1-2H3;2*2-5,7-11H,1H3;4*2-5,7-9H,1H3;;;;/q8*-1;;;;/i1D3,13D;2D3;;;4*1D3;;;;. The fraction of sp³-hybridized carbons (Fsp3) is 0.0894. The van der Waals surface area contributed by atoms with Gasteiger partial charge in [0.2, 0.25) is 0 Å². The van der Waals surface area contributed by atoms with Crippen LogP contribution in [0, 0.1) is 104 Å². The molecule has 24 aromatic rings. The molecule has 12 aromatic carbocycles. The molecule has 16 heteroatoms. The van der Waals surface area contributed by atoms with E-state index in [-0.39, 0.29) is 108 Å². The van der Waals surface area contributed by atoms with Gasteiger partial charge in [0.15, 0.2) is 0 Å². The van der Waals surface area contributed by atoms with Crippen molar-refractivity contribution in [3.05, 3.63) is 482 Å². The minimum Gasteiger partial charge on any atom is -0.476 e. The van der Waals surface area contributed by atoms with Gasteiger partial charge in [-0.25, -0.2) is 0 Å². The minimum atomic E-state index is -2.43. The van der Waals surface area contributed by atoms with E-state index in [1.54, 1.807) is 97.9 Å². The molecule has 0 saturated carbocycles. The van der Waals surface area contributed by atoms with Gasteiger partial charge in [-0.05, 0) is 198 Å². The van der Waals surface area contributed by atoms with Gasteiger partial charge in [-0.2, -0.15) is 0 Å². The number of aryl methyl sites for hydroxylation is 8. The van der Waals surface area contributed by atoms with Crippen LogP contribution in [0.4, 0.5) is 0 Å². The number of pyridine rings is 8. The number of fused-ring (bicyclic) bond motifs is 12. The number of hydrogen-bond donors (Lipinski definition) is 0. The molecule has 0 spiro atoms. The summed E-state index contributed by atoms with van der Waals surface area (Å²) in [6.07, 6.45) is 12.2. The fourth-order valence-electron chi connectivity index (χ4n) is 14.5. The van der Waals surface area contributed by atoms with Crippen LogP contribution in [0.15, 0.2) is 401 Å². The first-order valence-corrected chi connectivity index (χ1v) is 43.0. The van der Waals surface area contributed by atoms with E-state index in [9.17, 15) is 0 Å². The van der Waals surface area contributed by atoms with Gasteiger partial charge in [0.1, 0.15) is 22.3 Å². The van der Waals surface area contributed by atoms with Crippen LogP contribution in [-0.2, 0) is 80.4 Å². The molecule has 12 nitrogen and oxygen atoms in total. The summed E-state index contributed by atoms with van der Waals surface area (Å²) >= 11 is 0. The van der Waals surface area contributed by atoms with Gasteiger partial charge in [-0.1, -0.05) is 227 Å². The van der Waals surface area contributed by atoms with Crippen LogP contribution < -0.4 is 0 Å². The van der Waals surface area contributed by atoms with E-state index in [2.05, 4.69) is 127 Å². The van der Waals surface area contributed by atoms with Gasteiger partial charge < -0.3 is 57.5 Å². The van der Waals surface area contributed by atoms with Crippen LogP contribution in [0.2, 0.25) is 0 Å². The predicted molar refractivity (Wildman–Crippen MR) is 549 cm³/mol. The van der Waals surface area contributed by atoms with Crippen LogP contribution >= 0.6 is 0 Å². The van der Waals surface area contributed by atoms with Crippen molar-refractivity contribution in [2.45, 2.75) is 74.7 Å².